The van der Waals surface area contributed by atoms with E-state index in [1.807, 2.05) is 0 Å². The summed E-state index contributed by atoms with van der Waals surface area (Å²) in [5.41, 5.74) is 0.405. The monoisotopic (exact) mass is 254 g/mol. The molecule has 0 aromatic heterocycles. The van der Waals surface area contributed by atoms with Gasteiger partial charge in [0.15, 0.2) is 0 Å². The standard InChI is InChI=1S/C15H26O3/c1-2-15(7-13-9-17-13,8-14-10-18-14)11-3-5-12(16)6-4-11/h11-14,16H,2-10H2,1H3. The Kier molecular flexibility index (Phi) is 3.65. The van der Waals surface area contributed by atoms with Gasteiger partial charge in [0.1, 0.15) is 0 Å². The summed E-state index contributed by atoms with van der Waals surface area (Å²) in [4.78, 5) is 0. The zero-order valence-electron chi connectivity index (χ0n) is 11.4. The second-order valence-corrected chi connectivity index (χ2v) is 6.54. The number of rotatable bonds is 6. The van der Waals surface area contributed by atoms with Crippen LogP contribution in [0.15, 0.2) is 0 Å². The summed E-state index contributed by atoms with van der Waals surface area (Å²) in [5, 5.41) is 9.70. The predicted octanol–water partition coefficient (Wildman–Crippen LogP) is 2.51. The van der Waals surface area contributed by atoms with Gasteiger partial charge < -0.3 is 14.6 Å². The normalized spacial score (nSPS) is 42.3. The molecule has 2 aliphatic heterocycles. The molecule has 1 aliphatic carbocycles. The van der Waals surface area contributed by atoms with Crippen LogP contribution in [0.1, 0.15) is 51.9 Å². The van der Waals surface area contributed by atoms with Crippen LogP contribution in [-0.4, -0.2) is 36.6 Å². The third-order valence-electron chi connectivity index (χ3n) is 5.34. The van der Waals surface area contributed by atoms with Crippen LogP contribution in [0, 0.1) is 11.3 Å². The number of aliphatic hydroxyl groups is 1. The number of hydrogen-bond donors (Lipinski definition) is 1. The van der Waals surface area contributed by atoms with Crippen molar-refractivity contribution in [1.82, 2.24) is 0 Å². The van der Waals surface area contributed by atoms with E-state index < -0.39 is 0 Å². The minimum absolute atomic E-state index is 0.0508. The van der Waals surface area contributed by atoms with Crippen LogP contribution in [0.4, 0.5) is 0 Å². The Morgan fingerprint density at radius 2 is 1.50 bits per heavy atom. The van der Waals surface area contributed by atoms with E-state index >= 15 is 0 Å². The van der Waals surface area contributed by atoms with Crippen LogP contribution in [0.2, 0.25) is 0 Å². The molecule has 2 saturated heterocycles. The Morgan fingerprint density at radius 3 is 1.89 bits per heavy atom. The Balaban J connectivity index is 1.68. The molecular formula is C15H26O3. The Bertz CT molecular complexity index is 261. The van der Waals surface area contributed by atoms with Crippen molar-refractivity contribution in [1.29, 1.82) is 0 Å². The van der Waals surface area contributed by atoms with Crippen molar-refractivity contribution in [2.45, 2.75) is 70.2 Å². The molecule has 0 radical (unpaired) electrons. The van der Waals surface area contributed by atoms with Crippen LogP contribution in [0.5, 0.6) is 0 Å². The molecule has 3 heteroatoms. The molecule has 3 fully saturated rings. The maximum absolute atomic E-state index is 9.70. The Labute approximate surface area is 110 Å². The largest absolute Gasteiger partial charge is 0.393 e. The van der Waals surface area contributed by atoms with Gasteiger partial charge in [-0.1, -0.05) is 13.3 Å². The van der Waals surface area contributed by atoms with E-state index in [0.717, 1.165) is 32.0 Å². The van der Waals surface area contributed by atoms with E-state index in [0.29, 0.717) is 17.6 Å². The number of ether oxygens (including phenoxy) is 2. The maximum atomic E-state index is 9.70. The summed E-state index contributed by atoms with van der Waals surface area (Å²) in [6.07, 6.45) is 8.98. The van der Waals surface area contributed by atoms with Crippen molar-refractivity contribution in [3.05, 3.63) is 0 Å². The van der Waals surface area contributed by atoms with Crippen LogP contribution in [-0.2, 0) is 9.47 Å². The molecule has 1 N–H and O–H groups in total. The van der Waals surface area contributed by atoms with E-state index in [-0.39, 0.29) is 6.10 Å². The summed E-state index contributed by atoms with van der Waals surface area (Å²) in [7, 11) is 0. The van der Waals surface area contributed by atoms with E-state index in [2.05, 4.69) is 6.92 Å². The van der Waals surface area contributed by atoms with Gasteiger partial charge in [0.05, 0.1) is 31.5 Å². The topological polar surface area (TPSA) is 45.3 Å². The maximum Gasteiger partial charge on any atom is 0.0815 e. The minimum Gasteiger partial charge on any atom is -0.393 e. The Morgan fingerprint density at radius 1 is 1.00 bits per heavy atom. The van der Waals surface area contributed by atoms with Crippen LogP contribution < -0.4 is 0 Å². The van der Waals surface area contributed by atoms with Crippen LogP contribution >= 0.6 is 0 Å². The lowest BCUT2D eigenvalue weighted by Gasteiger charge is -2.43. The third-order valence-corrected chi connectivity index (χ3v) is 5.34. The average molecular weight is 254 g/mol. The zero-order chi connectivity index (χ0) is 12.6. The highest BCUT2D eigenvalue weighted by Gasteiger charge is 2.46. The number of hydrogen-bond acceptors (Lipinski definition) is 3. The van der Waals surface area contributed by atoms with Gasteiger partial charge in [-0.2, -0.15) is 0 Å². The molecule has 1 saturated carbocycles. The molecule has 3 aliphatic rings. The van der Waals surface area contributed by atoms with E-state index in [9.17, 15) is 5.11 Å². The summed E-state index contributed by atoms with van der Waals surface area (Å²) < 4.78 is 11.0. The van der Waals surface area contributed by atoms with Crippen LogP contribution in [0.25, 0.3) is 0 Å². The van der Waals surface area contributed by atoms with Gasteiger partial charge in [-0.3, -0.25) is 0 Å². The molecule has 2 unspecified atom stereocenters. The highest BCUT2D eigenvalue weighted by molar-refractivity contribution is 4.95. The lowest BCUT2D eigenvalue weighted by Crippen LogP contribution is -2.36. The minimum atomic E-state index is -0.0508. The molecular weight excluding hydrogens is 228 g/mol. The third kappa shape index (κ3) is 2.89. The summed E-state index contributed by atoms with van der Waals surface area (Å²) >= 11 is 0. The van der Waals surface area contributed by atoms with Gasteiger partial charge in [-0.05, 0) is 49.9 Å². The number of aliphatic hydroxyl groups excluding tert-OH is 1. The molecule has 3 nitrogen and oxygen atoms in total. The fourth-order valence-electron chi connectivity index (χ4n) is 3.96. The van der Waals surface area contributed by atoms with Crippen molar-refractivity contribution < 1.29 is 14.6 Å². The molecule has 0 bridgehead atoms. The SMILES string of the molecule is CCC(CC1CO1)(CC1CO1)C1CCC(O)CC1. The molecule has 0 aromatic rings. The molecule has 3 rings (SSSR count). The van der Waals surface area contributed by atoms with E-state index in [1.165, 1.54) is 32.1 Å². The van der Waals surface area contributed by atoms with E-state index in [4.69, 9.17) is 9.47 Å². The first kappa shape index (κ1) is 12.9. The van der Waals surface area contributed by atoms with Gasteiger partial charge in [-0.25, -0.2) is 0 Å². The molecule has 2 heterocycles. The smallest absolute Gasteiger partial charge is 0.0815 e. The summed E-state index contributed by atoms with van der Waals surface area (Å²) in [6, 6.07) is 0. The second kappa shape index (κ2) is 5.10. The zero-order valence-corrected chi connectivity index (χ0v) is 11.4. The Hall–Kier alpha value is -0.120. The molecule has 0 aromatic carbocycles. The lowest BCUT2D eigenvalue weighted by molar-refractivity contribution is 0.0261. The van der Waals surface area contributed by atoms with E-state index in [1.54, 1.807) is 0 Å². The van der Waals surface area contributed by atoms with Gasteiger partial charge in [0.25, 0.3) is 0 Å². The highest BCUT2D eigenvalue weighted by atomic mass is 16.6. The first-order valence-electron chi connectivity index (χ1n) is 7.63. The van der Waals surface area contributed by atoms with Crippen molar-refractivity contribution in [3.63, 3.8) is 0 Å². The van der Waals surface area contributed by atoms with Crippen molar-refractivity contribution in [3.8, 4) is 0 Å². The average Bonchev–Trinajstić information content (AvgIpc) is 3.25. The van der Waals surface area contributed by atoms with Crippen molar-refractivity contribution in [2.75, 3.05) is 13.2 Å². The molecule has 0 amide bonds. The first-order valence-corrected chi connectivity index (χ1v) is 7.63. The molecule has 18 heavy (non-hydrogen) atoms. The molecule has 104 valence electrons. The van der Waals surface area contributed by atoms with Gasteiger partial charge >= 0.3 is 0 Å². The fraction of sp³-hybridized carbons (Fsp3) is 1.00. The quantitative estimate of drug-likeness (QED) is 0.741. The molecule has 2 atom stereocenters. The first-order chi connectivity index (χ1) is 8.72. The van der Waals surface area contributed by atoms with Gasteiger partial charge in [0.2, 0.25) is 0 Å². The predicted molar refractivity (Wildman–Crippen MR) is 69.4 cm³/mol. The lowest BCUT2D eigenvalue weighted by atomic mass is 9.62. The van der Waals surface area contributed by atoms with Gasteiger partial charge in [0, 0.05) is 0 Å². The number of epoxide rings is 2. The van der Waals surface area contributed by atoms with Crippen molar-refractivity contribution >= 4 is 0 Å². The van der Waals surface area contributed by atoms with Crippen LogP contribution in [0.3, 0.4) is 0 Å². The highest BCUT2D eigenvalue weighted by Crippen LogP contribution is 2.50. The van der Waals surface area contributed by atoms with Crippen molar-refractivity contribution in [2.24, 2.45) is 11.3 Å². The summed E-state index contributed by atoms with van der Waals surface area (Å²) in [5.74, 6) is 0.763. The van der Waals surface area contributed by atoms with Gasteiger partial charge in [-0.15, -0.1) is 0 Å². The second-order valence-electron chi connectivity index (χ2n) is 6.54. The fourth-order valence-corrected chi connectivity index (χ4v) is 3.96. The summed E-state index contributed by atoms with van der Waals surface area (Å²) in [6.45, 7) is 4.25. The molecule has 0 spiro atoms.